The minimum Gasteiger partial charge on any atom is -0.465 e. The number of esters is 1. The third-order valence-corrected chi connectivity index (χ3v) is 5.44. The monoisotopic (exact) mass is 208 g/mol. The summed E-state index contributed by atoms with van der Waals surface area (Å²) < 4.78 is 5.11. The fraction of sp³-hybridized carbons (Fsp3) is 0.923. The van der Waals surface area contributed by atoms with Gasteiger partial charge in [-0.15, -0.1) is 0 Å². The Labute approximate surface area is 91.4 Å². The predicted molar refractivity (Wildman–Crippen MR) is 57.1 cm³/mol. The van der Waals surface area contributed by atoms with Crippen molar-refractivity contribution in [3.63, 3.8) is 0 Å². The molecule has 1 heterocycles. The number of hydrogen-bond acceptors (Lipinski definition) is 2. The summed E-state index contributed by atoms with van der Waals surface area (Å²) in [5.41, 5.74) is 0. The highest BCUT2D eigenvalue weighted by Gasteiger charge is 2.51. The number of hydrogen-bond donors (Lipinski definition) is 0. The van der Waals surface area contributed by atoms with Crippen molar-refractivity contribution in [2.45, 2.75) is 33.1 Å². The smallest absolute Gasteiger partial charge is 0.306 e. The molecule has 1 aliphatic heterocycles. The highest BCUT2D eigenvalue weighted by atomic mass is 16.5. The average molecular weight is 208 g/mol. The van der Waals surface area contributed by atoms with Crippen molar-refractivity contribution in [1.29, 1.82) is 0 Å². The van der Waals surface area contributed by atoms with Crippen LogP contribution in [0.25, 0.3) is 0 Å². The van der Waals surface area contributed by atoms with E-state index in [0.717, 1.165) is 29.6 Å². The highest BCUT2D eigenvalue weighted by Crippen LogP contribution is 2.57. The molecule has 0 aromatic carbocycles. The van der Waals surface area contributed by atoms with Gasteiger partial charge in [-0.2, -0.15) is 0 Å². The van der Waals surface area contributed by atoms with Crippen LogP contribution in [-0.4, -0.2) is 12.6 Å². The summed E-state index contributed by atoms with van der Waals surface area (Å²) in [6, 6.07) is 0. The number of carbonyl (C=O) groups excluding carboxylic acids is 1. The van der Waals surface area contributed by atoms with Crippen LogP contribution in [0.5, 0.6) is 0 Å². The van der Waals surface area contributed by atoms with Crippen molar-refractivity contribution in [2.75, 3.05) is 6.61 Å². The van der Waals surface area contributed by atoms with Crippen LogP contribution in [-0.2, 0) is 9.53 Å². The zero-order valence-corrected chi connectivity index (χ0v) is 9.61. The van der Waals surface area contributed by atoms with E-state index < -0.39 is 0 Å². The van der Waals surface area contributed by atoms with Gasteiger partial charge in [0.05, 0.1) is 13.0 Å². The van der Waals surface area contributed by atoms with Crippen LogP contribution in [0.4, 0.5) is 0 Å². The minimum atomic E-state index is 0.0310. The van der Waals surface area contributed by atoms with Gasteiger partial charge in [-0.25, -0.2) is 0 Å². The van der Waals surface area contributed by atoms with Crippen molar-refractivity contribution in [3.05, 3.63) is 0 Å². The molecule has 2 heteroatoms. The summed E-state index contributed by atoms with van der Waals surface area (Å²) in [5.74, 6) is 4.95. The molecule has 2 nitrogen and oxygen atoms in total. The number of ether oxygens (including phenoxy) is 1. The van der Waals surface area contributed by atoms with Crippen LogP contribution in [0.3, 0.4) is 0 Å². The lowest BCUT2D eigenvalue weighted by Gasteiger charge is -2.34. The van der Waals surface area contributed by atoms with E-state index in [1.54, 1.807) is 0 Å². The van der Waals surface area contributed by atoms with E-state index >= 15 is 0 Å². The second-order valence-corrected chi connectivity index (χ2v) is 5.92. The molecule has 3 aliphatic rings. The summed E-state index contributed by atoms with van der Waals surface area (Å²) in [4.78, 5) is 11.1. The molecule has 0 N–H and O–H groups in total. The van der Waals surface area contributed by atoms with Gasteiger partial charge in [0.25, 0.3) is 0 Å². The van der Waals surface area contributed by atoms with Gasteiger partial charge in [-0.3, -0.25) is 4.79 Å². The van der Waals surface area contributed by atoms with Crippen molar-refractivity contribution >= 4 is 5.97 Å². The first kappa shape index (κ1) is 9.68. The van der Waals surface area contributed by atoms with Crippen LogP contribution in [0.1, 0.15) is 33.1 Å². The van der Waals surface area contributed by atoms with E-state index in [1.807, 2.05) is 0 Å². The largest absolute Gasteiger partial charge is 0.465 e. The molecule has 6 unspecified atom stereocenters. The maximum Gasteiger partial charge on any atom is 0.306 e. The molecular formula is C13H20O2. The van der Waals surface area contributed by atoms with Crippen LogP contribution in [0, 0.1) is 35.5 Å². The molecule has 2 saturated carbocycles. The number of rotatable bonds is 1. The van der Waals surface area contributed by atoms with Gasteiger partial charge in [0, 0.05) is 5.92 Å². The summed E-state index contributed by atoms with van der Waals surface area (Å²) in [7, 11) is 0. The molecule has 6 atom stereocenters. The van der Waals surface area contributed by atoms with Crippen molar-refractivity contribution in [3.8, 4) is 0 Å². The van der Waals surface area contributed by atoms with Gasteiger partial charge in [0.15, 0.2) is 0 Å². The Balaban J connectivity index is 1.73. The Bertz CT molecular complexity index is 284. The number of fused-ring (bicyclic) bond motifs is 2. The lowest BCUT2D eigenvalue weighted by Crippen LogP contribution is -2.29. The Morgan fingerprint density at radius 1 is 1.07 bits per heavy atom. The molecule has 0 amide bonds. The Morgan fingerprint density at radius 2 is 1.80 bits per heavy atom. The topological polar surface area (TPSA) is 26.3 Å². The van der Waals surface area contributed by atoms with Crippen LogP contribution in [0.2, 0.25) is 0 Å². The van der Waals surface area contributed by atoms with Crippen molar-refractivity contribution in [1.82, 2.24) is 0 Å². The maximum absolute atomic E-state index is 11.1. The molecule has 0 aromatic heterocycles. The summed E-state index contributed by atoms with van der Waals surface area (Å²) in [6.07, 6.45) is 3.46. The van der Waals surface area contributed by atoms with E-state index in [0.29, 0.717) is 18.9 Å². The fourth-order valence-electron chi connectivity index (χ4n) is 4.35. The van der Waals surface area contributed by atoms with Crippen molar-refractivity contribution in [2.24, 2.45) is 35.5 Å². The number of carbonyl (C=O) groups is 1. The van der Waals surface area contributed by atoms with Crippen LogP contribution in [0.15, 0.2) is 0 Å². The molecule has 3 fully saturated rings. The minimum absolute atomic E-state index is 0.0310. The SMILES string of the molecule is CC1C2CC(C3COC(=O)C3)C(C2)C1C. The predicted octanol–water partition coefficient (Wildman–Crippen LogP) is 2.48. The van der Waals surface area contributed by atoms with E-state index in [9.17, 15) is 4.79 Å². The molecule has 0 spiro atoms. The van der Waals surface area contributed by atoms with E-state index in [4.69, 9.17) is 4.74 Å². The lowest BCUT2D eigenvalue weighted by molar-refractivity contribution is -0.137. The second-order valence-electron chi connectivity index (χ2n) is 5.92. The standard InChI is InChI=1S/C13H20O2/c1-7-8(2)11-3-9(7)4-12(11)10-5-13(14)15-6-10/h7-12H,3-6H2,1-2H3. The molecule has 2 aliphatic carbocycles. The Morgan fingerprint density at radius 3 is 2.33 bits per heavy atom. The van der Waals surface area contributed by atoms with Gasteiger partial charge in [0.2, 0.25) is 0 Å². The van der Waals surface area contributed by atoms with Gasteiger partial charge in [-0.05, 0) is 42.4 Å². The fourth-order valence-corrected chi connectivity index (χ4v) is 4.35. The highest BCUT2D eigenvalue weighted by molar-refractivity contribution is 5.71. The molecular weight excluding hydrogens is 188 g/mol. The van der Waals surface area contributed by atoms with Crippen molar-refractivity contribution < 1.29 is 9.53 Å². The van der Waals surface area contributed by atoms with Gasteiger partial charge < -0.3 is 4.74 Å². The van der Waals surface area contributed by atoms with Crippen LogP contribution >= 0.6 is 0 Å². The van der Waals surface area contributed by atoms with Gasteiger partial charge in [0.1, 0.15) is 0 Å². The lowest BCUT2D eigenvalue weighted by atomic mass is 9.71. The third-order valence-electron chi connectivity index (χ3n) is 5.44. The normalized spacial score (nSPS) is 53.6. The summed E-state index contributed by atoms with van der Waals surface area (Å²) in [6.45, 7) is 5.51. The van der Waals surface area contributed by atoms with Gasteiger partial charge in [-0.1, -0.05) is 13.8 Å². The molecule has 0 aromatic rings. The van der Waals surface area contributed by atoms with Crippen LogP contribution < -0.4 is 0 Å². The van der Waals surface area contributed by atoms with Gasteiger partial charge >= 0.3 is 5.97 Å². The summed E-state index contributed by atoms with van der Waals surface area (Å²) >= 11 is 0. The first-order chi connectivity index (χ1) is 7.16. The van der Waals surface area contributed by atoms with E-state index in [1.165, 1.54) is 12.8 Å². The van der Waals surface area contributed by atoms with E-state index in [2.05, 4.69) is 13.8 Å². The molecule has 0 radical (unpaired) electrons. The quantitative estimate of drug-likeness (QED) is 0.619. The second kappa shape index (κ2) is 3.23. The molecule has 2 bridgehead atoms. The zero-order valence-electron chi connectivity index (χ0n) is 9.61. The first-order valence-electron chi connectivity index (χ1n) is 6.32. The third kappa shape index (κ3) is 1.33. The molecule has 15 heavy (non-hydrogen) atoms. The summed E-state index contributed by atoms with van der Waals surface area (Å²) in [5, 5.41) is 0. The molecule has 84 valence electrons. The van der Waals surface area contributed by atoms with E-state index in [-0.39, 0.29) is 5.97 Å². The Kier molecular flexibility index (Phi) is 2.08. The average Bonchev–Trinajstić information content (AvgIpc) is 2.85. The number of cyclic esters (lactones) is 1. The zero-order chi connectivity index (χ0) is 10.6. The maximum atomic E-state index is 11.1. The molecule has 1 saturated heterocycles. The molecule has 3 rings (SSSR count). The first-order valence-corrected chi connectivity index (χ1v) is 6.32. The Hall–Kier alpha value is -0.530.